The van der Waals surface area contributed by atoms with Crippen molar-refractivity contribution in [2.45, 2.75) is 38.9 Å². The van der Waals surface area contributed by atoms with E-state index in [2.05, 4.69) is 13.8 Å². The maximum Gasteiger partial charge on any atom is 0.104 e. The molecular formula is C10H21NO4S. The fourth-order valence-corrected chi connectivity index (χ4v) is 2.80. The lowest BCUT2D eigenvalue weighted by atomic mass is 10.2. The third kappa shape index (κ3) is 5.79. The molecule has 0 bridgehead atoms. The first-order valence-electron chi connectivity index (χ1n) is 5.79. The molecule has 1 heterocycles. The molecule has 0 amide bonds. The second kappa shape index (κ2) is 5.95. The fourth-order valence-electron chi connectivity index (χ4n) is 2.25. The van der Waals surface area contributed by atoms with Crippen molar-refractivity contribution in [3.05, 3.63) is 0 Å². The van der Waals surface area contributed by atoms with Crippen molar-refractivity contribution in [2.75, 3.05) is 25.4 Å². The maximum atomic E-state index is 10.4. The summed E-state index contributed by atoms with van der Waals surface area (Å²) in [5, 5.41) is 0. The van der Waals surface area contributed by atoms with Crippen LogP contribution in [0, 0.1) is 0 Å². The van der Waals surface area contributed by atoms with Gasteiger partial charge in [0.05, 0.1) is 16.7 Å². The minimum atomic E-state index is -4.03. The minimum Gasteiger partial charge on any atom is -0.748 e. The number of rotatable bonds is 5. The van der Waals surface area contributed by atoms with Crippen LogP contribution in [0.1, 0.15) is 26.7 Å². The number of morpholine rings is 1. The van der Waals surface area contributed by atoms with Crippen LogP contribution in [-0.2, 0) is 14.9 Å². The molecule has 0 aromatic rings. The molecule has 0 radical (unpaired) electrons. The Bertz CT molecular complexity index is 294. The van der Waals surface area contributed by atoms with Crippen molar-refractivity contribution in [3.8, 4) is 0 Å². The van der Waals surface area contributed by atoms with Crippen molar-refractivity contribution < 1.29 is 22.6 Å². The molecule has 16 heavy (non-hydrogen) atoms. The fraction of sp³-hybridized carbons (Fsp3) is 1.00. The molecule has 0 spiro atoms. The van der Waals surface area contributed by atoms with Gasteiger partial charge in [-0.2, -0.15) is 0 Å². The Balaban J connectivity index is 2.17. The quantitative estimate of drug-likeness (QED) is 0.503. The highest BCUT2D eigenvalue weighted by atomic mass is 32.2. The second-order valence-electron chi connectivity index (χ2n) is 4.63. The van der Waals surface area contributed by atoms with E-state index in [9.17, 15) is 13.0 Å². The van der Waals surface area contributed by atoms with Gasteiger partial charge in [0, 0.05) is 5.75 Å². The Hall–Kier alpha value is -0.170. The van der Waals surface area contributed by atoms with Crippen molar-refractivity contribution in [3.63, 3.8) is 0 Å². The Labute approximate surface area is 97.5 Å². The molecule has 6 heteroatoms. The highest BCUT2D eigenvalue weighted by molar-refractivity contribution is 7.85. The van der Waals surface area contributed by atoms with Crippen LogP contribution in [0.2, 0.25) is 0 Å². The number of quaternary nitrogens is 1. The average molecular weight is 251 g/mol. The molecule has 1 fully saturated rings. The van der Waals surface area contributed by atoms with E-state index in [0.29, 0.717) is 6.42 Å². The predicted octanol–water partition coefficient (Wildman–Crippen LogP) is -0.996. The van der Waals surface area contributed by atoms with Crippen LogP contribution in [0.5, 0.6) is 0 Å². The van der Waals surface area contributed by atoms with E-state index in [-0.39, 0.29) is 18.0 Å². The Kier molecular flexibility index (Phi) is 5.17. The summed E-state index contributed by atoms with van der Waals surface area (Å²) in [6, 6.07) is 0. The van der Waals surface area contributed by atoms with Crippen LogP contribution < -0.4 is 4.90 Å². The van der Waals surface area contributed by atoms with Gasteiger partial charge in [-0.25, -0.2) is 8.42 Å². The summed E-state index contributed by atoms with van der Waals surface area (Å²) in [5.41, 5.74) is 0. The molecule has 0 saturated carbocycles. The third-order valence-electron chi connectivity index (χ3n) is 2.79. The number of hydrogen-bond acceptors (Lipinski definition) is 4. The van der Waals surface area contributed by atoms with E-state index in [1.807, 2.05) is 0 Å². The van der Waals surface area contributed by atoms with Gasteiger partial charge >= 0.3 is 0 Å². The summed E-state index contributed by atoms with van der Waals surface area (Å²) in [4.78, 5) is 1.44. The molecule has 96 valence electrons. The van der Waals surface area contributed by atoms with Gasteiger partial charge in [0.25, 0.3) is 0 Å². The Morgan fingerprint density at radius 1 is 1.25 bits per heavy atom. The van der Waals surface area contributed by atoms with Crippen LogP contribution in [0.3, 0.4) is 0 Å². The lowest BCUT2D eigenvalue weighted by Gasteiger charge is -2.32. The van der Waals surface area contributed by atoms with E-state index in [1.165, 1.54) is 4.90 Å². The van der Waals surface area contributed by atoms with Gasteiger partial charge in [-0.1, -0.05) is 0 Å². The smallest absolute Gasteiger partial charge is 0.104 e. The Morgan fingerprint density at radius 2 is 1.81 bits per heavy atom. The standard InChI is InChI=1S/C10H21NO4S/c1-9-7-11(8-10(2)15-9)5-3-4-6-16(12,13)14/h9-10H,3-8H2,1-2H3,(H,12,13,14)/t9-,10-/m0/s1. The zero-order valence-electron chi connectivity index (χ0n) is 9.94. The van der Waals surface area contributed by atoms with Crippen LogP contribution in [0.25, 0.3) is 0 Å². The first-order valence-corrected chi connectivity index (χ1v) is 7.37. The van der Waals surface area contributed by atoms with E-state index in [1.54, 1.807) is 0 Å². The highest BCUT2D eigenvalue weighted by Gasteiger charge is 2.24. The van der Waals surface area contributed by atoms with E-state index < -0.39 is 10.1 Å². The van der Waals surface area contributed by atoms with E-state index in [4.69, 9.17) is 4.74 Å². The molecule has 2 atom stereocenters. The van der Waals surface area contributed by atoms with Crippen LogP contribution >= 0.6 is 0 Å². The highest BCUT2D eigenvalue weighted by Crippen LogP contribution is 1.99. The first-order chi connectivity index (χ1) is 7.37. The second-order valence-corrected chi connectivity index (χ2v) is 6.16. The normalized spacial score (nSPS) is 31.6. The van der Waals surface area contributed by atoms with Gasteiger partial charge in [-0.3, -0.25) is 0 Å². The van der Waals surface area contributed by atoms with Crippen molar-refractivity contribution in [1.29, 1.82) is 0 Å². The molecule has 0 unspecified atom stereocenters. The summed E-state index contributed by atoms with van der Waals surface area (Å²) in [6.07, 6.45) is 1.79. The first kappa shape index (κ1) is 13.9. The summed E-state index contributed by atoms with van der Waals surface area (Å²) >= 11 is 0. The molecule has 0 aromatic carbocycles. The van der Waals surface area contributed by atoms with Crippen LogP contribution in [-0.4, -0.2) is 50.6 Å². The van der Waals surface area contributed by atoms with Crippen LogP contribution in [0.15, 0.2) is 0 Å². The molecular weight excluding hydrogens is 230 g/mol. The largest absolute Gasteiger partial charge is 0.748 e. The van der Waals surface area contributed by atoms with Crippen molar-refractivity contribution in [2.24, 2.45) is 0 Å². The zero-order chi connectivity index (χ0) is 12.2. The summed E-state index contributed by atoms with van der Waals surface area (Å²) in [5.74, 6) is -0.234. The number of ether oxygens (including phenoxy) is 1. The van der Waals surface area contributed by atoms with Gasteiger partial charge in [0.1, 0.15) is 25.3 Å². The third-order valence-corrected chi connectivity index (χ3v) is 3.58. The SMILES string of the molecule is C[C@H]1C[NH+](CCCCS(=O)(=O)[O-])C[C@H](C)O1. The zero-order valence-corrected chi connectivity index (χ0v) is 10.8. The van der Waals surface area contributed by atoms with Crippen molar-refractivity contribution >= 4 is 10.1 Å². The van der Waals surface area contributed by atoms with Gasteiger partial charge in [-0.05, 0) is 26.7 Å². The number of hydrogen-bond donors (Lipinski definition) is 1. The summed E-state index contributed by atoms with van der Waals surface area (Å²) in [6.45, 7) is 6.96. The van der Waals surface area contributed by atoms with Gasteiger partial charge in [0.15, 0.2) is 0 Å². The van der Waals surface area contributed by atoms with Gasteiger partial charge in [0.2, 0.25) is 0 Å². The van der Waals surface area contributed by atoms with E-state index in [0.717, 1.165) is 26.1 Å². The topological polar surface area (TPSA) is 70.9 Å². The molecule has 5 nitrogen and oxygen atoms in total. The molecule has 1 aliphatic rings. The molecule has 1 N–H and O–H groups in total. The van der Waals surface area contributed by atoms with Crippen molar-refractivity contribution in [1.82, 2.24) is 0 Å². The number of nitrogens with one attached hydrogen (secondary N) is 1. The molecule has 0 aromatic heterocycles. The lowest BCUT2D eigenvalue weighted by Crippen LogP contribution is -3.15. The van der Waals surface area contributed by atoms with Crippen LogP contribution in [0.4, 0.5) is 0 Å². The molecule has 1 saturated heterocycles. The predicted molar refractivity (Wildman–Crippen MR) is 59.4 cm³/mol. The number of unbranched alkanes of at least 4 members (excludes halogenated alkanes) is 1. The summed E-state index contributed by atoms with van der Waals surface area (Å²) < 4.78 is 36.8. The Morgan fingerprint density at radius 3 is 2.31 bits per heavy atom. The van der Waals surface area contributed by atoms with Gasteiger partial charge < -0.3 is 14.2 Å². The molecule has 0 aliphatic carbocycles. The molecule has 1 aliphatic heterocycles. The minimum absolute atomic E-state index is 0.234. The van der Waals surface area contributed by atoms with E-state index >= 15 is 0 Å². The lowest BCUT2D eigenvalue weighted by molar-refractivity contribution is -0.915. The maximum absolute atomic E-state index is 10.4. The van der Waals surface area contributed by atoms with Gasteiger partial charge in [-0.15, -0.1) is 0 Å². The monoisotopic (exact) mass is 251 g/mol. The average Bonchev–Trinajstić information content (AvgIpc) is 2.09. The summed E-state index contributed by atoms with van der Waals surface area (Å²) in [7, 11) is -4.03. The molecule has 1 rings (SSSR count).